The number of aromatic amines is 1. The van der Waals surface area contributed by atoms with E-state index in [1.807, 2.05) is 42.5 Å². The number of anilines is 1. The Morgan fingerprint density at radius 2 is 2.12 bits per heavy atom. The number of aromatic nitrogens is 2. The molecule has 0 bridgehead atoms. The van der Waals surface area contributed by atoms with Crippen LogP contribution in [0.4, 0.5) is 5.69 Å². The van der Waals surface area contributed by atoms with Crippen molar-refractivity contribution < 1.29 is 9.53 Å². The molecule has 1 aromatic heterocycles. The third kappa shape index (κ3) is 2.94. The molecule has 2 heterocycles. The van der Waals surface area contributed by atoms with Gasteiger partial charge in [-0.2, -0.15) is 0 Å². The van der Waals surface area contributed by atoms with E-state index in [1.54, 1.807) is 12.0 Å². The summed E-state index contributed by atoms with van der Waals surface area (Å²) in [6, 6.07) is 13.1. The molecule has 4 rings (SSSR count). The first-order valence-electron chi connectivity index (χ1n) is 8.61. The van der Waals surface area contributed by atoms with Crippen LogP contribution in [0.3, 0.4) is 0 Å². The van der Waals surface area contributed by atoms with E-state index < -0.39 is 0 Å². The lowest BCUT2D eigenvalue weighted by Crippen LogP contribution is -2.29. The highest BCUT2D eigenvalue weighted by molar-refractivity contribution is 5.95. The molecule has 6 nitrogen and oxygen atoms in total. The fraction of sp³-hybridized carbons (Fsp3) is 0.250. The number of carbonyl (C=O) groups excluding carboxylic acids is 1. The molecule has 1 N–H and O–H groups in total. The number of aryl methyl sites for hydroxylation is 1. The Bertz CT molecular complexity index is 1040. The van der Waals surface area contributed by atoms with Gasteiger partial charge < -0.3 is 14.6 Å². The number of carbonyl (C=O) groups is 1. The fourth-order valence-corrected chi connectivity index (χ4v) is 3.36. The van der Waals surface area contributed by atoms with Crippen molar-refractivity contribution in [2.24, 2.45) is 0 Å². The summed E-state index contributed by atoms with van der Waals surface area (Å²) in [5, 5.41) is 0. The Hall–Kier alpha value is -3.15. The van der Waals surface area contributed by atoms with Crippen molar-refractivity contribution in [1.29, 1.82) is 0 Å². The van der Waals surface area contributed by atoms with Crippen molar-refractivity contribution in [1.82, 2.24) is 9.97 Å². The van der Waals surface area contributed by atoms with E-state index in [-0.39, 0.29) is 17.9 Å². The Balaban J connectivity index is 1.50. The molecule has 1 aliphatic rings. The second kappa shape index (κ2) is 6.63. The number of nitrogens with zero attached hydrogens (tertiary/aromatic N) is 2. The lowest BCUT2D eigenvalue weighted by Gasteiger charge is -2.17. The number of rotatable bonds is 4. The van der Waals surface area contributed by atoms with Crippen molar-refractivity contribution in [3.8, 4) is 5.75 Å². The van der Waals surface area contributed by atoms with Gasteiger partial charge in [-0.3, -0.25) is 9.59 Å². The zero-order chi connectivity index (χ0) is 18.1. The number of ether oxygens (including phenoxy) is 1. The molecule has 0 fully saturated rings. The van der Waals surface area contributed by atoms with Gasteiger partial charge in [-0.25, -0.2) is 4.98 Å². The predicted molar refractivity (Wildman–Crippen MR) is 99.7 cm³/mol. The smallest absolute Gasteiger partial charge is 0.270 e. The first kappa shape index (κ1) is 16.3. The van der Waals surface area contributed by atoms with Gasteiger partial charge in [0.05, 0.1) is 18.1 Å². The molecule has 0 saturated carbocycles. The summed E-state index contributed by atoms with van der Waals surface area (Å²) in [7, 11) is 1.63. The first-order chi connectivity index (χ1) is 12.7. The molecule has 26 heavy (non-hydrogen) atoms. The summed E-state index contributed by atoms with van der Waals surface area (Å²) in [4.78, 5) is 33.9. The van der Waals surface area contributed by atoms with Gasteiger partial charge in [-0.05, 0) is 42.3 Å². The van der Waals surface area contributed by atoms with Gasteiger partial charge in [0, 0.05) is 25.1 Å². The van der Waals surface area contributed by atoms with Crippen LogP contribution in [0.25, 0.3) is 11.0 Å². The molecule has 0 radical (unpaired) electrons. The molecule has 0 aliphatic carbocycles. The Kier molecular flexibility index (Phi) is 4.16. The van der Waals surface area contributed by atoms with E-state index >= 15 is 0 Å². The summed E-state index contributed by atoms with van der Waals surface area (Å²) >= 11 is 0. The minimum Gasteiger partial charge on any atom is -0.497 e. The summed E-state index contributed by atoms with van der Waals surface area (Å²) in [5.41, 5.74) is 3.63. The largest absolute Gasteiger partial charge is 0.497 e. The molecular formula is C20H19N3O3. The Labute approximate surface area is 150 Å². The number of amides is 1. The molecule has 0 spiro atoms. The van der Waals surface area contributed by atoms with Crippen molar-refractivity contribution >= 4 is 22.6 Å². The van der Waals surface area contributed by atoms with Crippen LogP contribution in [-0.2, 0) is 17.6 Å². The molecular weight excluding hydrogens is 330 g/mol. The molecule has 0 unspecified atom stereocenters. The van der Waals surface area contributed by atoms with E-state index in [0.717, 1.165) is 28.9 Å². The zero-order valence-electron chi connectivity index (χ0n) is 14.5. The number of nitrogens with one attached hydrogen (secondary N) is 1. The van der Waals surface area contributed by atoms with Crippen molar-refractivity contribution in [2.45, 2.75) is 19.3 Å². The number of H-pyrrole nitrogens is 1. The van der Waals surface area contributed by atoms with Crippen LogP contribution in [0.2, 0.25) is 0 Å². The van der Waals surface area contributed by atoms with Gasteiger partial charge in [0.25, 0.3) is 5.56 Å². The van der Waals surface area contributed by atoms with Crippen LogP contribution in [0.1, 0.15) is 17.7 Å². The van der Waals surface area contributed by atoms with Crippen LogP contribution >= 0.6 is 0 Å². The van der Waals surface area contributed by atoms with Gasteiger partial charge >= 0.3 is 0 Å². The first-order valence-corrected chi connectivity index (χ1v) is 8.61. The van der Waals surface area contributed by atoms with Gasteiger partial charge in [0.15, 0.2) is 0 Å². The number of hydrogen-bond donors (Lipinski definition) is 1. The predicted octanol–water partition coefficient (Wildman–Crippen LogP) is 2.45. The van der Waals surface area contributed by atoms with E-state index in [4.69, 9.17) is 4.74 Å². The molecule has 132 valence electrons. The van der Waals surface area contributed by atoms with Crippen LogP contribution in [-0.4, -0.2) is 29.5 Å². The minimum absolute atomic E-state index is 0.00303. The zero-order valence-corrected chi connectivity index (χ0v) is 14.5. The number of methoxy groups -OCH3 is 1. The highest BCUT2D eigenvalue weighted by Gasteiger charge is 2.25. The van der Waals surface area contributed by atoms with E-state index in [1.165, 1.54) is 0 Å². The molecule has 1 aliphatic heterocycles. The SMILES string of the molecule is COc1ccc2c(c1)CCN2C(=O)CCc1nc2ccccc2[nH]c1=O. The lowest BCUT2D eigenvalue weighted by molar-refractivity contribution is -0.118. The normalized spacial score (nSPS) is 13.0. The Morgan fingerprint density at radius 3 is 2.96 bits per heavy atom. The quantitative estimate of drug-likeness (QED) is 0.785. The molecule has 2 aromatic carbocycles. The van der Waals surface area contributed by atoms with Gasteiger partial charge in [-0.1, -0.05) is 12.1 Å². The summed E-state index contributed by atoms with van der Waals surface area (Å²) in [5.74, 6) is 0.799. The van der Waals surface area contributed by atoms with Crippen LogP contribution in [0, 0.1) is 0 Å². The highest BCUT2D eigenvalue weighted by Crippen LogP contribution is 2.31. The van der Waals surface area contributed by atoms with E-state index in [2.05, 4.69) is 9.97 Å². The number of para-hydroxylation sites is 2. The summed E-state index contributed by atoms with van der Waals surface area (Å²) in [6.45, 7) is 0.656. The average Bonchev–Trinajstić information content (AvgIpc) is 3.09. The van der Waals surface area contributed by atoms with Crippen LogP contribution < -0.4 is 15.2 Å². The fourth-order valence-electron chi connectivity index (χ4n) is 3.36. The topological polar surface area (TPSA) is 75.3 Å². The Morgan fingerprint density at radius 1 is 1.27 bits per heavy atom. The molecule has 6 heteroatoms. The van der Waals surface area contributed by atoms with Crippen molar-refractivity contribution in [3.05, 3.63) is 64.1 Å². The second-order valence-corrected chi connectivity index (χ2v) is 6.32. The van der Waals surface area contributed by atoms with Gasteiger partial charge in [-0.15, -0.1) is 0 Å². The molecule has 0 saturated heterocycles. The highest BCUT2D eigenvalue weighted by atomic mass is 16.5. The number of hydrogen-bond acceptors (Lipinski definition) is 4. The van der Waals surface area contributed by atoms with Crippen LogP contribution in [0.15, 0.2) is 47.3 Å². The summed E-state index contributed by atoms with van der Waals surface area (Å²) < 4.78 is 5.24. The van der Waals surface area contributed by atoms with Crippen molar-refractivity contribution in [3.63, 3.8) is 0 Å². The number of fused-ring (bicyclic) bond motifs is 2. The van der Waals surface area contributed by atoms with Gasteiger partial charge in [0.2, 0.25) is 5.91 Å². The minimum atomic E-state index is -0.233. The van der Waals surface area contributed by atoms with Gasteiger partial charge in [0.1, 0.15) is 11.4 Å². The summed E-state index contributed by atoms with van der Waals surface area (Å²) in [6.07, 6.45) is 1.38. The second-order valence-electron chi connectivity index (χ2n) is 6.32. The third-order valence-electron chi connectivity index (χ3n) is 4.73. The van der Waals surface area contributed by atoms with E-state index in [9.17, 15) is 9.59 Å². The lowest BCUT2D eigenvalue weighted by atomic mass is 10.1. The maximum Gasteiger partial charge on any atom is 0.270 e. The monoisotopic (exact) mass is 349 g/mol. The third-order valence-corrected chi connectivity index (χ3v) is 4.73. The maximum atomic E-state index is 12.7. The average molecular weight is 349 g/mol. The standard InChI is InChI=1S/C20H19N3O3/c1-26-14-6-8-18-13(12-14)10-11-23(18)19(24)9-7-17-20(25)22-16-5-3-2-4-15(16)21-17/h2-6,8,12H,7,9-11H2,1H3,(H,22,25). The maximum absolute atomic E-state index is 12.7. The van der Waals surface area contributed by atoms with Crippen LogP contribution in [0.5, 0.6) is 5.75 Å². The molecule has 1 amide bonds. The van der Waals surface area contributed by atoms with E-state index in [0.29, 0.717) is 24.2 Å². The molecule has 0 atom stereocenters. The van der Waals surface area contributed by atoms with Crippen molar-refractivity contribution in [2.75, 3.05) is 18.6 Å². The number of benzene rings is 2. The molecule has 3 aromatic rings.